The monoisotopic (exact) mass is 289 g/mol. The maximum Gasteiger partial charge on any atom is 0.162 e. The van der Waals surface area contributed by atoms with Gasteiger partial charge >= 0.3 is 0 Å². The van der Waals surface area contributed by atoms with E-state index < -0.39 is 0 Å². The SMILES string of the molecule is COc1cc(N)cc(Sc2ccc3c(c2)OCCO3)c1. The number of nitrogens with two attached hydrogens (primary N) is 1. The summed E-state index contributed by atoms with van der Waals surface area (Å²) >= 11 is 1.61. The van der Waals surface area contributed by atoms with E-state index in [2.05, 4.69) is 0 Å². The van der Waals surface area contributed by atoms with Crippen LogP contribution in [0.1, 0.15) is 0 Å². The van der Waals surface area contributed by atoms with E-state index in [0.717, 1.165) is 27.0 Å². The Morgan fingerprint density at radius 2 is 1.80 bits per heavy atom. The number of fused-ring (bicyclic) bond motifs is 1. The van der Waals surface area contributed by atoms with Gasteiger partial charge in [-0.05, 0) is 30.3 Å². The lowest BCUT2D eigenvalue weighted by Crippen LogP contribution is -2.15. The minimum atomic E-state index is 0.591. The third-order valence-corrected chi connectivity index (χ3v) is 3.85. The molecule has 0 aromatic heterocycles. The fraction of sp³-hybridized carbons (Fsp3) is 0.200. The van der Waals surface area contributed by atoms with E-state index in [1.807, 2.05) is 30.3 Å². The quantitative estimate of drug-likeness (QED) is 0.879. The molecule has 1 heterocycles. The van der Waals surface area contributed by atoms with Crippen molar-refractivity contribution in [2.24, 2.45) is 0 Å². The molecule has 0 atom stereocenters. The van der Waals surface area contributed by atoms with Gasteiger partial charge < -0.3 is 19.9 Å². The largest absolute Gasteiger partial charge is 0.497 e. The Morgan fingerprint density at radius 3 is 2.60 bits per heavy atom. The highest BCUT2D eigenvalue weighted by Crippen LogP contribution is 2.38. The first kappa shape index (κ1) is 13.0. The lowest BCUT2D eigenvalue weighted by molar-refractivity contribution is 0.171. The number of benzene rings is 2. The first-order chi connectivity index (χ1) is 9.74. The number of anilines is 1. The van der Waals surface area contributed by atoms with Crippen molar-refractivity contribution in [1.29, 1.82) is 0 Å². The maximum absolute atomic E-state index is 5.86. The van der Waals surface area contributed by atoms with Crippen LogP contribution in [0.4, 0.5) is 5.69 Å². The fourth-order valence-electron chi connectivity index (χ4n) is 1.99. The fourth-order valence-corrected chi connectivity index (χ4v) is 2.94. The Labute approximate surface area is 121 Å². The van der Waals surface area contributed by atoms with Crippen molar-refractivity contribution in [2.45, 2.75) is 9.79 Å². The zero-order valence-electron chi connectivity index (χ0n) is 11.1. The van der Waals surface area contributed by atoms with Crippen molar-refractivity contribution >= 4 is 17.4 Å². The second-order valence-electron chi connectivity index (χ2n) is 4.35. The molecule has 0 aliphatic carbocycles. The average Bonchev–Trinajstić information content (AvgIpc) is 2.46. The predicted octanol–water partition coefficient (Wildman–Crippen LogP) is 3.20. The number of hydrogen-bond acceptors (Lipinski definition) is 5. The summed E-state index contributed by atoms with van der Waals surface area (Å²) in [7, 11) is 1.63. The maximum atomic E-state index is 5.86. The molecule has 0 saturated heterocycles. The van der Waals surface area contributed by atoms with Crippen LogP contribution < -0.4 is 19.9 Å². The van der Waals surface area contributed by atoms with Crippen LogP contribution in [-0.2, 0) is 0 Å². The van der Waals surface area contributed by atoms with Crippen LogP contribution in [-0.4, -0.2) is 20.3 Å². The van der Waals surface area contributed by atoms with Gasteiger partial charge in [0, 0.05) is 21.5 Å². The molecule has 1 aliphatic heterocycles. The standard InChI is InChI=1S/C15H15NO3S/c1-17-11-6-10(16)7-13(8-11)20-12-2-3-14-15(9-12)19-5-4-18-14/h2-3,6-9H,4-5,16H2,1H3. The second kappa shape index (κ2) is 5.54. The number of methoxy groups -OCH3 is 1. The molecule has 2 aromatic rings. The number of ether oxygens (including phenoxy) is 3. The van der Waals surface area contributed by atoms with Crippen LogP contribution >= 0.6 is 11.8 Å². The molecule has 3 rings (SSSR count). The van der Waals surface area contributed by atoms with Gasteiger partial charge in [0.25, 0.3) is 0 Å². The minimum Gasteiger partial charge on any atom is -0.497 e. The summed E-state index contributed by atoms with van der Waals surface area (Å²) < 4.78 is 16.3. The normalized spacial score (nSPS) is 13.1. The minimum absolute atomic E-state index is 0.591. The molecule has 2 aromatic carbocycles. The van der Waals surface area contributed by atoms with Crippen LogP contribution in [0.25, 0.3) is 0 Å². The summed E-state index contributed by atoms with van der Waals surface area (Å²) in [6, 6.07) is 11.6. The van der Waals surface area contributed by atoms with Gasteiger partial charge in [-0.3, -0.25) is 0 Å². The number of hydrogen-bond donors (Lipinski definition) is 1. The molecular formula is C15H15NO3S. The van der Waals surface area contributed by atoms with E-state index >= 15 is 0 Å². The van der Waals surface area contributed by atoms with E-state index in [9.17, 15) is 0 Å². The Bertz CT molecular complexity index is 631. The molecule has 0 fully saturated rings. The summed E-state index contributed by atoms with van der Waals surface area (Å²) in [5, 5.41) is 0. The van der Waals surface area contributed by atoms with Gasteiger partial charge in [-0.1, -0.05) is 11.8 Å². The molecule has 4 nitrogen and oxygen atoms in total. The molecule has 20 heavy (non-hydrogen) atoms. The Kier molecular flexibility index (Phi) is 3.60. The summed E-state index contributed by atoms with van der Waals surface area (Å²) in [6.07, 6.45) is 0. The van der Waals surface area contributed by atoms with Crippen molar-refractivity contribution in [2.75, 3.05) is 26.1 Å². The second-order valence-corrected chi connectivity index (χ2v) is 5.50. The van der Waals surface area contributed by atoms with Crippen molar-refractivity contribution in [3.63, 3.8) is 0 Å². The molecular weight excluding hydrogens is 274 g/mol. The molecule has 2 N–H and O–H groups in total. The highest BCUT2D eigenvalue weighted by atomic mass is 32.2. The van der Waals surface area contributed by atoms with Gasteiger partial charge in [0.1, 0.15) is 19.0 Å². The summed E-state index contributed by atoms with van der Waals surface area (Å²) in [4.78, 5) is 2.10. The van der Waals surface area contributed by atoms with Crippen molar-refractivity contribution in [3.05, 3.63) is 36.4 Å². The number of nitrogen functional groups attached to an aromatic ring is 1. The lowest BCUT2D eigenvalue weighted by atomic mass is 10.3. The molecule has 104 valence electrons. The van der Waals surface area contributed by atoms with Gasteiger partial charge in [-0.25, -0.2) is 0 Å². The zero-order chi connectivity index (χ0) is 13.9. The third kappa shape index (κ3) is 2.77. The number of rotatable bonds is 3. The molecule has 0 unspecified atom stereocenters. The third-order valence-electron chi connectivity index (χ3n) is 2.89. The van der Waals surface area contributed by atoms with Crippen molar-refractivity contribution in [1.82, 2.24) is 0 Å². The highest BCUT2D eigenvalue weighted by Gasteiger charge is 2.12. The molecule has 0 saturated carbocycles. The van der Waals surface area contributed by atoms with Crippen LogP contribution in [0.5, 0.6) is 17.2 Å². The van der Waals surface area contributed by atoms with E-state index in [0.29, 0.717) is 18.9 Å². The summed E-state index contributed by atoms with van der Waals surface area (Å²) in [5.74, 6) is 2.34. The Balaban J connectivity index is 1.85. The summed E-state index contributed by atoms with van der Waals surface area (Å²) in [5.41, 5.74) is 6.55. The van der Waals surface area contributed by atoms with E-state index in [-0.39, 0.29) is 0 Å². The topological polar surface area (TPSA) is 53.7 Å². The van der Waals surface area contributed by atoms with Gasteiger partial charge in [0.05, 0.1) is 7.11 Å². The van der Waals surface area contributed by atoms with Gasteiger partial charge in [-0.2, -0.15) is 0 Å². The molecule has 5 heteroatoms. The van der Waals surface area contributed by atoms with E-state index in [1.165, 1.54) is 0 Å². The van der Waals surface area contributed by atoms with Gasteiger partial charge in [0.15, 0.2) is 11.5 Å². The smallest absolute Gasteiger partial charge is 0.162 e. The van der Waals surface area contributed by atoms with Crippen LogP contribution in [0.15, 0.2) is 46.2 Å². The average molecular weight is 289 g/mol. The van der Waals surface area contributed by atoms with Gasteiger partial charge in [0.2, 0.25) is 0 Å². The first-order valence-electron chi connectivity index (χ1n) is 6.26. The van der Waals surface area contributed by atoms with Crippen LogP contribution in [0.2, 0.25) is 0 Å². The Hall–Kier alpha value is -2.01. The lowest BCUT2D eigenvalue weighted by Gasteiger charge is -2.18. The van der Waals surface area contributed by atoms with E-state index in [1.54, 1.807) is 24.9 Å². The van der Waals surface area contributed by atoms with Crippen LogP contribution in [0.3, 0.4) is 0 Å². The highest BCUT2D eigenvalue weighted by molar-refractivity contribution is 7.99. The van der Waals surface area contributed by atoms with Crippen molar-refractivity contribution < 1.29 is 14.2 Å². The molecule has 0 radical (unpaired) electrons. The predicted molar refractivity (Wildman–Crippen MR) is 79.0 cm³/mol. The van der Waals surface area contributed by atoms with E-state index in [4.69, 9.17) is 19.9 Å². The molecule has 0 bridgehead atoms. The molecule has 0 spiro atoms. The molecule has 1 aliphatic rings. The van der Waals surface area contributed by atoms with Crippen molar-refractivity contribution in [3.8, 4) is 17.2 Å². The van der Waals surface area contributed by atoms with Crippen LogP contribution in [0, 0.1) is 0 Å². The first-order valence-corrected chi connectivity index (χ1v) is 7.08. The summed E-state index contributed by atoms with van der Waals surface area (Å²) in [6.45, 7) is 1.19. The zero-order valence-corrected chi connectivity index (χ0v) is 11.9. The Morgan fingerprint density at radius 1 is 1.00 bits per heavy atom. The molecule has 0 amide bonds. The van der Waals surface area contributed by atoms with Gasteiger partial charge in [-0.15, -0.1) is 0 Å².